The second kappa shape index (κ2) is 8.83. The molecule has 0 saturated heterocycles. The van der Waals surface area contributed by atoms with E-state index in [0.717, 1.165) is 16.9 Å². The summed E-state index contributed by atoms with van der Waals surface area (Å²) in [7, 11) is 1.95. The number of nitrogens with zero attached hydrogens (tertiary/aromatic N) is 3. The summed E-state index contributed by atoms with van der Waals surface area (Å²) >= 11 is 2.68. The summed E-state index contributed by atoms with van der Waals surface area (Å²) in [4.78, 5) is 4.23. The van der Waals surface area contributed by atoms with Gasteiger partial charge in [0.1, 0.15) is 0 Å². The van der Waals surface area contributed by atoms with Gasteiger partial charge in [-0.05, 0) is 19.9 Å². The summed E-state index contributed by atoms with van der Waals surface area (Å²) in [6.07, 6.45) is 1.82. The van der Waals surface area contributed by atoms with Crippen LogP contribution < -0.4 is 0 Å². The standard InChI is InChI=1S/C9H11N3.C2H6.CH2.HI.V/c1-6-9-7(2)11-12(3)8(9)4-5-10-6;1-2;;;/h4-5H,1-3H3;1-2H3;1H2;1H;/q;;;;+1/p-1. The van der Waals surface area contributed by atoms with Gasteiger partial charge in [-0.3, -0.25) is 9.67 Å². The molecule has 2 aromatic heterocycles. The van der Waals surface area contributed by atoms with Crippen molar-refractivity contribution in [2.45, 2.75) is 27.7 Å². The number of pyridine rings is 1. The molecule has 17 heavy (non-hydrogen) atoms. The molecule has 0 aromatic carbocycles. The molecule has 2 aromatic rings. The van der Waals surface area contributed by atoms with Gasteiger partial charge in [0.25, 0.3) is 0 Å². The molecule has 0 fully saturated rings. The maximum atomic E-state index is 4.33. The van der Waals surface area contributed by atoms with Crippen molar-refractivity contribution in [3.05, 3.63) is 23.7 Å². The zero-order valence-corrected chi connectivity index (χ0v) is 14.6. The van der Waals surface area contributed by atoms with Gasteiger partial charge in [-0.2, -0.15) is 5.10 Å². The number of halogens is 1. The minimum atomic E-state index is 0.408. The van der Waals surface area contributed by atoms with Crippen LogP contribution in [0.2, 0.25) is 0 Å². The van der Waals surface area contributed by atoms with E-state index < -0.39 is 0 Å². The fourth-order valence-electron chi connectivity index (χ4n) is 1.60. The normalized spacial score (nSPS) is 8.82. The minimum absolute atomic E-state index is 0.408. The van der Waals surface area contributed by atoms with Crippen LogP contribution in [-0.2, 0) is 19.5 Å². The van der Waals surface area contributed by atoms with Crippen molar-refractivity contribution in [3.63, 3.8) is 0 Å². The molecule has 0 aliphatic carbocycles. The van der Waals surface area contributed by atoms with E-state index in [1.165, 1.54) is 5.39 Å². The van der Waals surface area contributed by atoms with Crippen LogP contribution >= 0.6 is 20.0 Å². The Kier molecular flexibility index (Phi) is 8.73. The molecule has 0 amide bonds. The third kappa shape index (κ3) is 4.52. The van der Waals surface area contributed by atoms with E-state index in [9.17, 15) is 0 Å². The first-order valence-electron chi connectivity index (χ1n) is 5.43. The van der Waals surface area contributed by atoms with Gasteiger partial charge in [-0.15, -0.1) is 0 Å². The van der Waals surface area contributed by atoms with Crippen molar-refractivity contribution in [3.8, 4) is 0 Å². The first-order chi connectivity index (χ1) is 8.11. The Balaban J connectivity index is 0.000000450. The molecule has 0 N–H and O–H groups in total. The van der Waals surface area contributed by atoms with E-state index >= 15 is 0 Å². The molecule has 0 radical (unpaired) electrons. The van der Waals surface area contributed by atoms with E-state index in [0.29, 0.717) is 12.4 Å². The number of aromatic nitrogens is 3. The number of fused-ring (bicyclic) bond motifs is 1. The molecule has 0 saturated carbocycles. The van der Waals surface area contributed by atoms with Crippen LogP contribution in [0.3, 0.4) is 0 Å². The molecule has 0 atom stereocenters. The zero-order valence-electron chi connectivity index (χ0n) is 11.0. The van der Waals surface area contributed by atoms with Crippen molar-refractivity contribution in [1.29, 1.82) is 0 Å². The fourth-order valence-corrected chi connectivity index (χ4v) is 1.60. The topological polar surface area (TPSA) is 30.7 Å². The van der Waals surface area contributed by atoms with Crippen molar-refractivity contribution >= 4 is 36.1 Å². The molecule has 0 unspecified atom stereocenters. The summed E-state index contributed by atoms with van der Waals surface area (Å²) in [6, 6.07) is 1.99. The third-order valence-corrected chi connectivity index (χ3v) is 2.13. The van der Waals surface area contributed by atoms with Crippen LogP contribution in [0.4, 0.5) is 0 Å². The average Bonchev–Trinajstić information content (AvgIpc) is 2.60. The van der Waals surface area contributed by atoms with E-state index in [-0.39, 0.29) is 0 Å². The summed E-state index contributed by atoms with van der Waals surface area (Å²) in [6.45, 7) is 8.02. The van der Waals surface area contributed by atoms with Crippen molar-refractivity contribution < 1.29 is 12.4 Å². The molecule has 94 valence electrons. The van der Waals surface area contributed by atoms with Crippen LogP contribution in [0.25, 0.3) is 10.9 Å². The third-order valence-electron chi connectivity index (χ3n) is 2.13. The SMILES string of the molecule is CC.Cc1nccc2c1c(C)nn2C.[CH2]=[V][I]. The molecular formula is C12H19IN3V. The molecule has 0 aliphatic rings. The molecule has 0 spiro atoms. The summed E-state index contributed by atoms with van der Waals surface area (Å²) < 4.78 is 1.89. The van der Waals surface area contributed by atoms with Gasteiger partial charge >= 0.3 is 37.6 Å². The van der Waals surface area contributed by atoms with Crippen LogP contribution in [0.15, 0.2) is 12.3 Å². The van der Waals surface area contributed by atoms with Gasteiger partial charge < -0.3 is 0 Å². The Morgan fingerprint density at radius 3 is 2.29 bits per heavy atom. The number of hydrogen-bond acceptors (Lipinski definition) is 2. The van der Waals surface area contributed by atoms with E-state index in [4.69, 9.17) is 0 Å². The van der Waals surface area contributed by atoms with Gasteiger partial charge in [0.15, 0.2) is 0 Å². The van der Waals surface area contributed by atoms with E-state index in [2.05, 4.69) is 35.3 Å². The summed E-state index contributed by atoms with van der Waals surface area (Å²) in [5, 5.41) is 9.07. The van der Waals surface area contributed by atoms with E-state index in [1.54, 1.807) is 0 Å². The van der Waals surface area contributed by atoms with Gasteiger partial charge in [-0.1, -0.05) is 13.8 Å². The number of aryl methyl sites for hydroxylation is 3. The molecular weight excluding hydrogens is 364 g/mol. The quantitative estimate of drug-likeness (QED) is 0.653. The maximum absolute atomic E-state index is 4.33. The second-order valence-corrected chi connectivity index (χ2v) is 6.31. The number of rotatable bonds is 0. The second-order valence-electron chi connectivity index (χ2n) is 3.12. The van der Waals surface area contributed by atoms with Crippen LogP contribution in [0.1, 0.15) is 25.2 Å². The van der Waals surface area contributed by atoms with Crippen molar-refractivity contribution in [2.24, 2.45) is 7.05 Å². The molecule has 2 rings (SSSR count). The van der Waals surface area contributed by atoms with Gasteiger partial charge in [0, 0.05) is 24.3 Å². The van der Waals surface area contributed by atoms with Gasteiger partial charge in [-0.25, -0.2) is 0 Å². The Morgan fingerprint density at radius 2 is 1.82 bits per heavy atom. The predicted octanol–water partition coefficient (Wildman–Crippen LogP) is 3.46. The van der Waals surface area contributed by atoms with Crippen molar-refractivity contribution in [2.75, 3.05) is 0 Å². The Labute approximate surface area is 121 Å². The first kappa shape index (κ1) is 16.8. The Bertz CT molecular complexity index is 480. The average molecular weight is 383 g/mol. The molecule has 3 nitrogen and oxygen atoms in total. The molecule has 0 aliphatic heterocycles. The molecule has 2 heterocycles. The number of hydrogen-bond donors (Lipinski definition) is 0. The fraction of sp³-hybridized carbons (Fsp3) is 0.417. The first-order valence-corrected chi connectivity index (χ1v) is 10.9. The monoisotopic (exact) mass is 383 g/mol. The predicted molar refractivity (Wildman–Crippen MR) is 80.5 cm³/mol. The van der Waals surface area contributed by atoms with E-state index in [1.807, 2.05) is 51.7 Å². The van der Waals surface area contributed by atoms with Crippen molar-refractivity contribution in [1.82, 2.24) is 14.8 Å². The Morgan fingerprint density at radius 1 is 1.29 bits per heavy atom. The zero-order chi connectivity index (χ0) is 13.4. The van der Waals surface area contributed by atoms with Crippen LogP contribution in [0, 0.1) is 13.8 Å². The molecule has 5 heteroatoms. The van der Waals surface area contributed by atoms with Crippen LogP contribution in [-0.4, -0.2) is 20.0 Å². The van der Waals surface area contributed by atoms with Crippen LogP contribution in [0.5, 0.6) is 0 Å². The molecule has 0 bridgehead atoms. The van der Waals surface area contributed by atoms with Gasteiger partial charge in [0.05, 0.1) is 11.2 Å². The van der Waals surface area contributed by atoms with Gasteiger partial charge in [0.2, 0.25) is 0 Å². The summed E-state index contributed by atoms with van der Waals surface area (Å²) in [5.74, 6) is 0. The Hall–Kier alpha value is -0.196. The summed E-state index contributed by atoms with van der Waals surface area (Å²) in [5.41, 5.74) is 3.26.